The van der Waals surface area contributed by atoms with Gasteiger partial charge in [0.1, 0.15) is 13.2 Å². The van der Waals surface area contributed by atoms with Gasteiger partial charge in [-0.15, -0.1) is 0 Å². The summed E-state index contributed by atoms with van der Waals surface area (Å²) in [6.45, 7) is 12.3. The zero-order valence-corrected chi connectivity index (χ0v) is 12.1. The van der Waals surface area contributed by atoms with Crippen molar-refractivity contribution in [2.24, 2.45) is 0 Å². The standard InChI is InChI=1S/C13H24NO.BrH/c1-4-9-14(10-5-2,11-6-3)12-7-8-13-15;/h4,15H,1,5-6,9-13H2,2-3H3;1H/q+1;/p-1. The molecule has 3 heteroatoms. The van der Waals surface area contributed by atoms with Crippen molar-refractivity contribution in [1.29, 1.82) is 0 Å². The van der Waals surface area contributed by atoms with E-state index in [2.05, 4.69) is 32.3 Å². The van der Waals surface area contributed by atoms with Gasteiger partial charge in [-0.3, -0.25) is 0 Å². The van der Waals surface area contributed by atoms with Crippen LogP contribution in [-0.4, -0.2) is 42.4 Å². The van der Waals surface area contributed by atoms with Gasteiger partial charge in [-0.25, -0.2) is 0 Å². The van der Waals surface area contributed by atoms with E-state index in [9.17, 15) is 0 Å². The molecule has 1 N–H and O–H groups in total. The van der Waals surface area contributed by atoms with Crippen molar-refractivity contribution in [1.82, 2.24) is 0 Å². The van der Waals surface area contributed by atoms with E-state index < -0.39 is 0 Å². The lowest BCUT2D eigenvalue weighted by Crippen LogP contribution is -3.00. The Morgan fingerprint density at radius 3 is 2.12 bits per heavy atom. The Hall–Kier alpha value is -0.300. The molecular weight excluding hydrogens is 266 g/mol. The van der Waals surface area contributed by atoms with Crippen LogP contribution in [0.1, 0.15) is 26.7 Å². The maximum absolute atomic E-state index is 8.65. The molecular formula is C13H24BrNO. The van der Waals surface area contributed by atoms with Gasteiger partial charge in [0.25, 0.3) is 0 Å². The Kier molecular flexibility index (Phi) is 12.6. The lowest BCUT2D eigenvalue weighted by atomic mass is 10.2. The highest BCUT2D eigenvalue weighted by Gasteiger charge is 2.22. The number of nitrogens with zero attached hydrogens (tertiary/aromatic N) is 1. The summed E-state index contributed by atoms with van der Waals surface area (Å²) >= 11 is 0. The first-order chi connectivity index (χ1) is 7.24. The van der Waals surface area contributed by atoms with Gasteiger partial charge in [-0.2, -0.15) is 0 Å². The molecule has 0 rings (SSSR count). The summed E-state index contributed by atoms with van der Waals surface area (Å²) in [6, 6.07) is 0. The van der Waals surface area contributed by atoms with E-state index in [0.29, 0.717) is 0 Å². The molecule has 0 radical (unpaired) electrons. The number of hydrogen-bond donors (Lipinski definition) is 1. The average molecular weight is 290 g/mol. The molecule has 0 aliphatic carbocycles. The molecule has 0 bridgehead atoms. The van der Waals surface area contributed by atoms with Crippen LogP contribution in [0, 0.1) is 11.8 Å². The third kappa shape index (κ3) is 7.05. The molecule has 0 fully saturated rings. The quantitative estimate of drug-likeness (QED) is 0.355. The Morgan fingerprint density at radius 1 is 1.19 bits per heavy atom. The highest BCUT2D eigenvalue weighted by atomic mass is 79.9. The number of hydrogen-bond acceptors (Lipinski definition) is 1. The fourth-order valence-corrected chi connectivity index (χ4v) is 2.02. The first kappa shape index (κ1) is 18.1. The Bertz CT molecular complexity index is 224. The zero-order valence-electron chi connectivity index (χ0n) is 10.5. The minimum atomic E-state index is -0.0354. The predicted octanol–water partition coefficient (Wildman–Crippen LogP) is -1.19. The van der Waals surface area contributed by atoms with Crippen molar-refractivity contribution in [2.45, 2.75) is 26.7 Å². The molecule has 0 aromatic rings. The molecule has 0 saturated carbocycles. The van der Waals surface area contributed by atoms with E-state index in [0.717, 1.165) is 43.5 Å². The van der Waals surface area contributed by atoms with Crippen LogP contribution in [0.25, 0.3) is 0 Å². The number of rotatable bonds is 7. The predicted molar refractivity (Wildman–Crippen MR) is 65.4 cm³/mol. The van der Waals surface area contributed by atoms with Crippen molar-refractivity contribution >= 4 is 0 Å². The normalized spacial score (nSPS) is 9.94. The van der Waals surface area contributed by atoms with Crippen LogP contribution >= 0.6 is 0 Å². The minimum absolute atomic E-state index is 0. The van der Waals surface area contributed by atoms with Crippen molar-refractivity contribution in [3.05, 3.63) is 12.7 Å². The molecule has 2 nitrogen and oxygen atoms in total. The van der Waals surface area contributed by atoms with Crippen LogP contribution in [0.15, 0.2) is 12.7 Å². The van der Waals surface area contributed by atoms with Gasteiger partial charge in [-0.1, -0.05) is 26.3 Å². The molecule has 0 aromatic carbocycles. The first-order valence-corrected chi connectivity index (χ1v) is 5.77. The molecule has 0 aliphatic rings. The minimum Gasteiger partial charge on any atom is -1.00 e. The monoisotopic (exact) mass is 289 g/mol. The fraction of sp³-hybridized carbons (Fsp3) is 0.692. The second kappa shape index (κ2) is 11.2. The molecule has 0 aliphatic heterocycles. The van der Waals surface area contributed by atoms with Crippen molar-refractivity contribution in [2.75, 3.05) is 32.8 Å². The van der Waals surface area contributed by atoms with E-state index in [1.165, 1.54) is 0 Å². The fourth-order valence-electron chi connectivity index (χ4n) is 2.02. The van der Waals surface area contributed by atoms with E-state index in [4.69, 9.17) is 5.11 Å². The molecule has 0 amide bonds. The summed E-state index contributed by atoms with van der Waals surface area (Å²) in [6.07, 6.45) is 4.30. The topological polar surface area (TPSA) is 20.2 Å². The molecule has 16 heavy (non-hydrogen) atoms. The lowest BCUT2D eigenvalue weighted by molar-refractivity contribution is -0.916. The van der Waals surface area contributed by atoms with Gasteiger partial charge in [0.2, 0.25) is 0 Å². The number of halogens is 1. The third-order valence-corrected chi connectivity index (χ3v) is 2.53. The van der Waals surface area contributed by atoms with Crippen LogP contribution in [0.3, 0.4) is 0 Å². The summed E-state index contributed by atoms with van der Waals surface area (Å²) in [5.41, 5.74) is 0. The molecule has 0 atom stereocenters. The van der Waals surface area contributed by atoms with Gasteiger partial charge in [-0.05, 0) is 24.8 Å². The summed E-state index contributed by atoms with van der Waals surface area (Å²) < 4.78 is 0.990. The summed E-state index contributed by atoms with van der Waals surface area (Å²) in [4.78, 5) is 0. The largest absolute Gasteiger partial charge is 1.00 e. The number of aliphatic hydroxyl groups excluding tert-OH is 1. The second-order valence-corrected chi connectivity index (χ2v) is 3.93. The van der Waals surface area contributed by atoms with Crippen LogP contribution in [0.4, 0.5) is 0 Å². The molecule has 0 spiro atoms. The average Bonchev–Trinajstić information content (AvgIpc) is 2.19. The number of quaternary nitrogens is 1. The zero-order chi connectivity index (χ0) is 11.6. The Balaban J connectivity index is 0. The SMILES string of the molecule is C=CC[N+](CC#CCO)(CCC)CCC.[Br-]. The summed E-state index contributed by atoms with van der Waals surface area (Å²) in [5, 5.41) is 8.65. The highest BCUT2D eigenvalue weighted by molar-refractivity contribution is 4.99. The van der Waals surface area contributed by atoms with Crippen LogP contribution in [0.2, 0.25) is 0 Å². The van der Waals surface area contributed by atoms with Gasteiger partial charge in [0.15, 0.2) is 0 Å². The molecule has 0 heterocycles. The van der Waals surface area contributed by atoms with Crippen LogP contribution < -0.4 is 17.0 Å². The Morgan fingerprint density at radius 2 is 1.75 bits per heavy atom. The van der Waals surface area contributed by atoms with Gasteiger partial charge in [0.05, 0.1) is 19.6 Å². The maximum Gasteiger partial charge on any atom is 0.141 e. The van der Waals surface area contributed by atoms with Gasteiger partial charge in [0, 0.05) is 0 Å². The van der Waals surface area contributed by atoms with Gasteiger partial charge < -0.3 is 26.6 Å². The lowest BCUT2D eigenvalue weighted by Gasteiger charge is -2.35. The smallest absolute Gasteiger partial charge is 0.141 e. The van der Waals surface area contributed by atoms with Crippen LogP contribution in [0.5, 0.6) is 0 Å². The molecule has 0 aromatic heterocycles. The van der Waals surface area contributed by atoms with Crippen molar-refractivity contribution < 1.29 is 26.6 Å². The molecule has 94 valence electrons. The second-order valence-electron chi connectivity index (χ2n) is 3.93. The van der Waals surface area contributed by atoms with Crippen molar-refractivity contribution in [3.8, 4) is 11.8 Å². The number of aliphatic hydroxyl groups is 1. The van der Waals surface area contributed by atoms with E-state index >= 15 is 0 Å². The van der Waals surface area contributed by atoms with E-state index in [1.54, 1.807) is 0 Å². The van der Waals surface area contributed by atoms with E-state index in [-0.39, 0.29) is 23.6 Å². The first-order valence-electron chi connectivity index (χ1n) is 5.77. The van der Waals surface area contributed by atoms with Crippen molar-refractivity contribution in [3.63, 3.8) is 0 Å². The molecule has 0 saturated heterocycles. The maximum atomic E-state index is 8.65. The van der Waals surface area contributed by atoms with E-state index in [1.807, 2.05) is 6.08 Å². The summed E-state index contributed by atoms with van der Waals surface area (Å²) in [7, 11) is 0. The summed E-state index contributed by atoms with van der Waals surface area (Å²) in [5.74, 6) is 5.79. The Labute approximate surface area is 111 Å². The third-order valence-electron chi connectivity index (χ3n) is 2.53. The molecule has 0 unspecified atom stereocenters. The van der Waals surface area contributed by atoms with Crippen LogP contribution in [-0.2, 0) is 0 Å². The highest BCUT2D eigenvalue weighted by Crippen LogP contribution is 2.09. The van der Waals surface area contributed by atoms with Gasteiger partial charge >= 0.3 is 0 Å².